The number of nitrogens with two attached hydrogens (primary N) is 1. The smallest absolute Gasteiger partial charge is 0.0347 e. The van der Waals surface area contributed by atoms with E-state index in [0.29, 0.717) is 0 Å². The monoisotopic (exact) mass is 175 g/mol. The third-order valence-corrected chi connectivity index (χ3v) is 2.16. The topological polar surface area (TPSA) is 26.0 Å². The average Bonchev–Trinajstić information content (AvgIpc) is 2.18. The lowest BCUT2D eigenvalue weighted by Crippen LogP contribution is -2.00. The Labute approximate surface area is 80.3 Å². The Morgan fingerprint density at radius 3 is 2.69 bits per heavy atom. The van der Waals surface area contributed by atoms with Crippen LogP contribution in [0.5, 0.6) is 0 Å². The van der Waals surface area contributed by atoms with Crippen LogP contribution in [0.4, 0.5) is 0 Å². The maximum atomic E-state index is 5.89. The predicted octanol–water partition coefficient (Wildman–Crippen LogP) is 2.96. The molecule has 0 heterocycles. The molecule has 1 aromatic carbocycles. The number of aryl methyl sites for hydroxylation is 1. The summed E-state index contributed by atoms with van der Waals surface area (Å²) in [6.45, 7) is 4.15. The molecule has 0 spiro atoms. The summed E-state index contributed by atoms with van der Waals surface area (Å²) in [7, 11) is 0. The summed E-state index contributed by atoms with van der Waals surface area (Å²) >= 11 is 0. The summed E-state index contributed by atoms with van der Waals surface area (Å²) in [5.74, 6) is 0. The summed E-state index contributed by atoms with van der Waals surface area (Å²) in [6, 6.07) is 8.33. The third kappa shape index (κ3) is 2.35. The molecule has 0 amide bonds. The molecular weight excluding hydrogens is 158 g/mol. The van der Waals surface area contributed by atoms with Gasteiger partial charge in [-0.1, -0.05) is 43.7 Å². The zero-order valence-electron chi connectivity index (χ0n) is 8.38. The van der Waals surface area contributed by atoms with Gasteiger partial charge in [0.05, 0.1) is 0 Å². The second kappa shape index (κ2) is 4.70. The molecule has 2 N–H and O–H groups in total. The van der Waals surface area contributed by atoms with Crippen LogP contribution in [-0.2, 0) is 6.42 Å². The van der Waals surface area contributed by atoms with Crippen molar-refractivity contribution in [3.8, 4) is 0 Å². The van der Waals surface area contributed by atoms with Crippen molar-refractivity contribution in [2.24, 2.45) is 5.73 Å². The number of hydrogen-bond donors (Lipinski definition) is 1. The lowest BCUT2D eigenvalue weighted by atomic mass is 10.0. The molecule has 0 saturated heterocycles. The Bertz CT molecular complexity index is 300. The molecule has 70 valence electrons. The van der Waals surface area contributed by atoms with Gasteiger partial charge in [-0.25, -0.2) is 0 Å². The highest BCUT2D eigenvalue weighted by Gasteiger charge is 2.01. The minimum atomic E-state index is 0.879. The van der Waals surface area contributed by atoms with E-state index >= 15 is 0 Å². The average molecular weight is 175 g/mol. The first-order valence-electron chi connectivity index (χ1n) is 4.79. The van der Waals surface area contributed by atoms with Crippen LogP contribution >= 0.6 is 0 Å². The van der Waals surface area contributed by atoms with E-state index in [-0.39, 0.29) is 0 Å². The molecule has 0 aromatic heterocycles. The fraction of sp³-hybridized carbons (Fsp3) is 0.333. The molecule has 0 atom stereocenters. The molecule has 13 heavy (non-hydrogen) atoms. The van der Waals surface area contributed by atoms with Gasteiger partial charge in [-0.2, -0.15) is 0 Å². The maximum absolute atomic E-state index is 5.89. The molecule has 0 saturated carbocycles. The lowest BCUT2D eigenvalue weighted by molar-refractivity contribution is 0.918. The van der Waals surface area contributed by atoms with Gasteiger partial charge in [-0.15, -0.1) is 0 Å². The van der Waals surface area contributed by atoms with Gasteiger partial charge in [0.2, 0.25) is 0 Å². The summed E-state index contributed by atoms with van der Waals surface area (Å²) in [4.78, 5) is 0. The number of benzene rings is 1. The number of rotatable bonds is 3. The fourth-order valence-corrected chi connectivity index (χ4v) is 1.44. The van der Waals surface area contributed by atoms with E-state index in [4.69, 9.17) is 5.73 Å². The molecule has 1 aromatic rings. The Balaban J connectivity index is 3.04. The minimum Gasteiger partial charge on any atom is -0.399 e. The quantitative estimate of drug-likeness (QED) is 0.751. The Morgan fingerprint density at radius 2 is 2.08 bits per heavy atom. The van der Waals surface area contributed by atoms with Crippen molar-refractivity contribution in [3.05, 3.63) is 41.5 Å². The minimum absolute atomic E-state index is 0.879. The van der Waals surface area contributed by atoms with Crippen LogP contribution < -0.4 is 5.73 Å². The molecule has 1 rings (SSSR count). The highest BCUT2D eigenvalue weighted by molar-refractivity contribution is 5.65. The van der Waals surface area contributed by atoms with E-state index in [2.05, 4.69) is 25.1 Å². The Morgan fingerprint density at radius 1 is 1.38 bits per heavy atom. The van der Waals surface area contributed by atoms with Crippen LogP contribution in [0.1, 0.15) is 31.4 Å². The Kier molecular flexibility index (Phi) is 3.56. The summed E-state index contributed by atoms with van der Waals surface area (Å²) in [5, 5.41) is 0. The largest absolute Gasteiger partial charge is 0.399 e. The van der Waals surface area contributed by atoms with Crippen molar-refractivity contribution in [3.63, 3.8) is 0 Å². The zero-order valence-corrected chi connectivity index (χ0v) is 8.38. The van der Waals surface area contributed by atoms with Gasteiger partial charge >= 0.3 is 0 Å². The van der Waals surface area contributed by atoms with Gasteiger partial charge < -0.3 is 5.73 Å². The molecule has 1 heteroatoms. The van der Waals surface area contributed by atoms with E-state index in [0.717, 1.165) is 18.5 Å². The molecule has 0 aliphatic rings. The van der Waals surface area contributed by atoms with Crippen molar-refractivity contribution in [1.29, 1.82) is 0 Å². The van der Waals surface area contributed by atoms with Gasteiger partial charge in [0.25, 0.3) is 0 Å². The highest BCUT2D eigenvalue weighted by atomic mass is 14.6. The molecule has 1 nitrogen and oxygen atoms in total. The standard InChI is InChI=1S/C12H17N/c1-3-7-10-8-5-6-9-11(10)12(13)4-2/h4-6,8-9H,3,7,13H2,1-2H3/b12-4+. The van der Waals surface area contributed by atoms with Crippen LogP contribution in [-0.4, -0.2) is 0 Å². The first kappa shape index (κ1) is 9.85. The third-order valence-electron chi connectivity index (χ3n) is 2.16. The van der Waals surface area contributed by atoms with Gasteiger partial charge in [0, 0.05) is 11.3 Å². The first-order valence-corrected chi connectivity index (χ1v) is 4.79. The van der Waals surface area contributed by atoms with E-state index in [1.165, 1.54) is 11.1 Å². The molecule has 0 aliphatic carbocycles. The number of allylic oxidation sites excluding steroid dienone is 1. The van der Waals surface area contributed by atoms with Crippen molar-refractivity contribution in [2.75, 3.05) is 0 Å². The molecular formula is C12H17N. The van der Waals surface area contributed by atoms with Crippen molar-refractivity contribution < 1.29 is 0 Å². The second-order valence-corrected chi connectivity index (χ2v) is 3.15. The molecule has 0 aliphatic heterocycles. The Hall–Kier alpha value is -1.24. The van der Waals surface area contributed by atoms with Crippen molar-refractivity contribution in [1.82, 2.24) is 0 Å². The van der Waals surface area contributed by atoms with Crippen LogP contribution in [0, 0.1) is 0 Å². The highest BCUT2D eigenvalue weighted by Crippen LogP contribution is 2.16. The zero-order chi connectivity index (χ0) is 9.68. The van der Waals surface area contributed by atoms with E-state index in [1.54, 1.807) is 0 Å². The second-order valence-electron chi connectivity index (χ2n) is 3.15. The van der Waals surface area contributed by atoms with Gasteiger partial charge in [0.1, 0.15) is 0 Å². The first-order chi connectivity index (χ1) is 6.29. The van der Waals surface area contributed by atoms with Gasteiger partial charge in [0.15, 0.2) is 0 Å². The normalized spacial score (nSPS) is 11.7. The summed E-state index contributed by atoms with van der Waals surface area (Å²) < 4.78 is 0. The van der Waals surface area contributed by atoms with Gasteiger partial charge in [-0.3, -0.25) is 0 Å². The van der Waals surface area contributed by atoms with E-state index in [9.17, 15) is 0 Å². The molecule has 0 unspecified atom stereocenters. The van der Waals surface area contributed by atoms with Crippen molar-refractivity contribution in [2.45, 2.75) is 26.7 Å². The molecule has 0 fully saturated rings. The summed E-state index contributed by atoms with van der Waals surface area (Å²) in [6.07, 6.45) is 4.22. The lowest BCUT2D eigenvalue weighted by Gasteiger charge is -2.07. The fourth-order valence-electron chi connectivity index (χ4n) is 1.44. The van der Waals surface area contributed by atoms with E-state index in [1.807, 2.05) is 19.1 Å². The van der Waals surface area contributed by atoms with Crippen molar-refractivity contribution >= 4 is 5.70 Å². The SMILES string of the molecule is C/C=C(/N)c1ccccc1CCC. The predicted molar refractivity (Wildman–Crippen MR) is 58.3 cm³/mol. The molecule has 0 radical (unpaired) electrons. The van der Waals surface area contributed by atoms with Crippen LogP contribution in [0.2, 0.25) is 0 Å². The summed E-state index contributed by atoms with van der Waals surface area (Å²) in [5.41, 5.74) is 9.30. The van der Waals surface area contributed by atoms with E-state index < -0.39 is 0 Å². The maximum Gasteiger partial charge on any atom is 0.0347 e. The van der Waals surface area contributed by atoms with Crippen LogP contribution in [0.25, 0.3) is 5.70 Å². The number of hydrogen-bond acceptors (Lipinski definition) is 1. The van der Waals surface area contributed by atoms with Gasteiger partial charge in [-0.05, 0) is 18.9 Å². The van der Waals surface area contributed by atoms with Crippen LogP contribution in [0.15, 0.2) is 30.3 Å². The molecule has 0 bridgehead atoms. The van der Waals surface area contributed by atoms with Crippen LogP contribution in [0.3, 0.4) is 0 Å².